The Hall–Kier alpha value is -2.28. The molecule has 1 aromatic carbocycles. The summed E-state index contributed by atoms with van der Waals surface area (Å²) in [6.07, 6.45) is 6.21. The minimum absolute atomic E-state index is 0.0857. The lowest BCUT2D eigenvalue weighted by molar-refractivity contribution is -0.127. The zero-order chi connectivity index (χ0) is 18.5. The van der Waals surface area contributed by atoms with Crippen molar-refractivity contribution in [3.05, 3.63) is 41.7 Å². The third-order valence-electron chi connectivity index (χ3n) is 4.58. The van der Waals surface area contributed by atoms with Crippen molar-refractivity contribution < 1.29 is 9.59 Å². The number of benzene rings is 1. The van der Waals surface area contributed by atoms with Gasteiger partial charge in [0.15, 0.2) is 5.16 Å². The Morgan fingerprint density at radius 3 is 3.00 bits per heavy atom. The molecule has 26 heavy (non-hydrogen) atoms. The topological polar surface area (TPSA) is 76.0 Å². The fraction of sp³-hybridized carbons (Fsp3) is 0.421. The van der Waals surface area contributed by atoms with Crippen molar-refractivity contribution in [2.24, 2.45) is 0 Å². The monoisotopic (exact) mass is 372 g/mol. The van der Waals surface area contributed by atoms with E-state index in [1.807, 2.05) is 16.8 Å². The van der Waals surface area contributed by atoms with Crippen LogP contribution in [0.3, 0.4) is 0 Å². The Bertz CT molecular complexity index is 803. The van der Waals surface area contributed by atoms with Crippen molar-refractivity contribution in [1.29, 1.82) is 0 Å². The summed E-state index contributed by atoms with van der Waals surface area (Å²) in [5.74, 6) is -0.00444. The zero-order valence-electron chi connectivity index (χ0n) is 15.1. The molecule has 0 saturated carbocycles. The highest BCUT2D eigenvalue weighted by Gasteiger charge is 2.22. The van der Waals surface area contributed by atoms with E-state index in [1.54, 1.807) is 6.20 Å². The van der Waals surface area contributed by atoms with Crippen LogP contribution in [0.15, 0.2) is 35.7 Å². The molecule has 138 valence electrons. The average molecular weight is 372 g/mol. The molecule has 1 aliphatic rings. The summed E-state index contributed by atoms with van der Waals surface area (Å²) < 4.78 is 1.97. The molecule has 2 aromatic rings. The van der Waals surface area contributed by atoms with E-state index in [9.17, 15) is 9.59 Å². The van der Waals surface area contributed by atoms with Crippen LogP contribution in [0, 0.1) is 13.8 Å². The van der Waals surface area contributed by atoms with E-state index < -0.39 is 6.04 Å². The van der Waals surface area contributed by atoms with Crippen molar-refractivity contribution >= 4 is 23.6 Å². The fourth-order valence-electron chi connectivity index (χ4n) is 2.91. The van der Waals surface area contributed by atoms with Gasteiger partial charge < -0.3 is 10.6 Å². The molecule has 2 amide bonds. The molecule has 0 bridgehead atoms. The maximum Gasteiger partial charge on any atom is 0.242 e. The van der Waals surface area contributed by atoms with Crippen LogP contribution in [0.5, 0.6) is 0 Å². The van der Waals surface area contributed by atoms with Gasteiger partial charge in [0.1, 0.15) is 6.04 Å². The number of carbonyl (C=O) groups is 2. The number of amides is 2. The number of aryl methyl sites for hydroxylation is 2. The van der Waals surface area contributed by atoms with Crippen molar-refractivity contribution in [1.82, 2.24) is 20.2 Å². The van der Waals surface area contributed by atoms with Crippen molar-refractivity contribution in [3.8, 4) is 5.69 Å². The maximum atomic E-state index is 12.3. The van der Waals surface area contributed by atoms with Crippen LogP contribution in [-0.2, 0) is 9.59 Å². The molecule has 2 heterocycles. The second-order valence-corrected chi connectivity index (χ2v) is 7.49. The summed E-state index contributed by atoms with van der Waals surface area (Å²) in [4.78, 5) is 28.6. The molecule has 1 fully saturated rings. The number of hydrogen-bond acceptors (Lipinski definition) is 4. The van der Waals surface area contributed by atoms with Gasteiger partial charge in [0.2, 0.25) is 11.8 Å². The normalized spacial score (nSPS) is 17.5. The van der Waals surface area contributed by atoms with Crippen LogP contribution in [0.2, 0.25) is 0 Å². The first-order valence-electron chi connectivity index (χ1n) is 8.85. The van der Waals surface area contributed by atoms with Gasteiger partial charge in [-0.2, -0.15) is 0 Å². The minimum atomic E-state index is -0.426. The Morgan fingerprint density at radius 1 is 1.35 bits per heavy atom. The summed E-state index contributed by atoms with van der Waals surface area (Å²) in [6.45, 7) is 4.85. The van der Waals surface area contributed by atoms with Crippen LogP contribution >= 0.6 is 11.8 Å². The van der Waals surface area contributed by atoms with E-state index in [1.165, 1.54) is 22.9 Å². The number of imidazole rings is 1. The largest absolute Gasteiger partial charge is 0.354 e. The van der Waals surface area contributed by atoms with Gasteiger partial charge >= 0.3 is 0 Å². The lowest BCUT2D eigenvalue weighted by Gasteiger charge is -2.15. The number of carbonyl (C=O) groups excluding carboxylic acids is 2. The molecule has 0 spiro atoms. The van der Waals surface area contributed by atoms with E-state index in [2.05, 4.69) is 41.6 Å². The van der Waals surface area contributed by atoms with E-state index >= 15 is 0 Å². The standard InChI is InChI=1S/C19H24N4O2S/c1-13-6-7-15(11-14(13)2)23-10-9-21-19(23)26-12-17(24)22-16-5-3-4-8-20-18(16)25/h6-7,9-11,16H,3-5,8,12H2,1-2H3,(H,20,25)(H,22,24). The highest BCUT2D eigenvalue weighted by molar-refractivity contribution is 7.99. The number of thioether (sulfide) groups is 1. The number of nitrogens with zero attached hydrogens (tertiary/aromatic N) is 2. The summed E-state index contributed by atoms with van der Waals surface area (Å²) in [7, 11) is 0. The second kappa shape index (κ2) is 8.40. The Labute approximate surface area is 157 Å². The molecule has 2 N–H and O–H groups in total. The third kappa shape index (κ3) is 4.46. The van der Waals surface area contributed by atoms with E-state index in [0.717, 1.165) is 23.7 Å². The molecule has 1 aliphatic heterocycles. The van der Waals surface area contributed by atoms with Crippen molar-refractivity contribution in [3.63, 3.8) is 0 Å². The lowest BCUT2D eigenvalue weighted by Crippen LogP contribution is -2.46. The van der Waals surface area contributed by atoms with Crippen molar-refractivity contribution in [2.75, 3.05) is 12.3 Å². The van der Waals surface area contributed by atoms with Gasteiger partial charge in [0, 0.05) is 24.6 Å². The summed E-state index contributed by atoms with van der Waals surface area (Å²) >= 11 is 1.37. The SMILES string of the molecule is Cc1ccc(-n2ccnc2SCC(=O)NC2CCCCNC2=O)cc1C. The number of rotatable bonds is 5. The predicted molar refractivity (Wildman–Crippen MR) is 103 cm³/mol. The molecule has 1 aromatic heterocycles. The van der Waals surface area contributed by atoms with Crippen LogP contribution in [0.1, 0.15) is 30.4 Å². The second-order valence-electron chi connectivity index (χ2n) is 6.54. The van der Waals surface area contributed by atoms with Gasteiger partial charge in [-0.3, -0.25) is 14.2 Å². The van der Waals surface area contributed by atoms with Crippen LogP contribution in [0.4, 0.5) is 0 Å². The molecule has 1 unspecified atom stereocenters. The minimum Gasteiger partial charge on any atom is -0.354 e. The molecule has 1 atom stereocenters. The van der Waals surface area contributed by atoms with Crippen LogP contribution in [0.25, 0.3) is 5.69 Å². The number of hydrogen-bond donors (Lipinski definition) is 2. The van der Waals surface area contributed by atoms with Gasteiger partial charge in [-0.1, -0.05) is 17.8 Å². The average Bonchev–Trinajstić information content (AvgIpc) is 3.00. The van der Waals surface area contributed by atoms with E-state index in [-0.39, 0.29) is 17.6 Å². The Kier molecular flexibility index (Phi) is 5.98. The number of nitrogens with one attached hydrogen (secondary N) is 2. The van der Waals surface area contributed by atoms with Gasteiger partial charge in [0.25, 0.3) is 0 Å². The van der Waals surface area contributed by atoms with Gasteiger partial charge in [-0.05, 0) is 56.4 Å². The van der Waals surface area contributed by atoms with Crippen LogP contribution < -0.4 is 10.6 Å². The Balaban J connectivity index is 1.61. The molecule has 1 saturated heterocycles. The first kappa shape index (κ1) is 18.5. The molecular formula is C19H24N4O2S. The molecule has 0 aliphatic carbocycles. The molecule has 7 heteroatoms. The fourth-order valence-corrected chi connectivity index (χ4v) is 3.70. The Morgan fingerprint density at radius 2 is 2.19 bits per heavy atom. The summed E-state index contributed by atoms with van der Waals surface area (Å²) in [5.41, 5.74) is 3.48. The summed E-state index contributed by atoms with van der Waals surface area (Å²) in [5, 5.41) is 6.43. The molecular weight excluding hydrogens is 348 g/mol. The van der Waals surface area contributed by atoms with Crippen LogP contribution in [-0.4, -0.2) is 39.7 Å². The first-order chi connectivity index (χ1) is 12.5. The van der Waals surface area contributed by atoms with Gasteiger partial charge in [-0.25, -0.2) is 4.98 Å². The maximum absolute atomic E-state index is 12.3. The van der Waals surface area contributed by atoms with Gasteiger partial charge in [0.05, 0.1) is 5.75 Å². The van der Waals surface area contributed by atoms with Crippen molar-refractivity contribution in [2.45, 2.75) is 44.3 Å². The molecule has 0 radical (unpaired) electrons. The third-order valence-corrected chi connectivity index (χ3v) is 5.55. The first-order valence-corrected chi connectivity index (χ1v) is 9.84. The zero-order valence-corrected chi connectivity index (χ0v) is 15.9. The smallest absolute Gasteiger partial charge is 0.242 e. The summed E-state index contributed by atoms with van der Waals surface area (Å²) in [6, 6.07) is 5.81. The predicted octanol–water partition coefficient (Wildman–Crippen LogP) is 2.37. The van der Waals surface area contributed by atoms with E-state index in [0.29, 0.717) is 13.0 Å². The highest BCUT2D eigenvalue weighted by atomic mass is 32.2. The highest BCUT2D eigenvalue weighted by Crippen LogP contribution is 2.22. The number of aromatic nitrogens is 2. The molecule has 3 rings (SSSR count). The molecule has 6 nitrogen and oxygen atoms in total. The van der Waals surface area contributed by atoms with E-state index in [4.69, 9.17) is 0 Å². The van der Waals surface area contributed by atoms with Gasteiger partial charge in [-0.15, -0.1) is 0 Å². The quantitative estimate of drug-likeness (QED) is 0.790. The lowest BCUT2D eigenvalue weighted by atomic mass is 10.1.